The zero-order valence-corrected chi connectivity index (χ0v) is 14.4. The van der Waals surface area contributed by atoms with Gasteiger partial charge in [-0.1, -0.05) is 30.3 Å². The number of fused-ring (bicyclic) bond motifs is 1. The van der Waals surface area contributed by atoms with Crippen molar-refractivity contribution in [3.63, 3.8) is 0 Å². The molecule has 0 radical (unpaired) electrons. The predicted molar refractivity (Wildman–Crippen MR) is 96.5 cm³/mol. The highest BCUT2D eigenvalue weighted by molar-refractivity contribution is 6.05. The molecular weight excluding hydrogens is 316 g/mol. The van der Waals surface area contributed by atoms with Crippen LogP contribution in [0.3, 0.4) is 0 Å². The number of carbonyl (C=O) groups excluding carboxylic acids is 1. The number of nitrogens with zero attached hydrogens (tertiary/aromatic N) is 3. The third-order valence-electron chi connectivity index (χ3n) is 4.34. The molecule has 3 rings (SSSR count). The molecule has 130 valence electrons. The lowest BCUT2D eigenvalue weighted by Gasteiger charge is -2.17. The van der Waals surface area contributed by atoms with E-state index < -0.39 is 0 Å². The van der Waals surface area contributed by atoms with E-state index in [2.05, 4.69) is 15.4 Å². The van der Waals surface area contributed by atoms with Gasteiger partial charge in [-0.05, 0) is 25.0 Å². The van der Waals surface area contributed by atoms with E-state index in [9.17, 15) is 9.90 Å². The number of amides is 1. The van der Waals surface area contributed by atoms with Crippen LogP contribution in [0.15, 0.2) is 42.6 Å². The minimum Gasteiger partial charge on any atom is -0.396 e. The Bertz CT molecular complexity index is 874. The second-order valence-corrected chi connectivity index (χ2v) is 6.15. The Morgan fingerprint density at radius 1 is 1.32 bits per heavy atom. The minimum absolute atomic E-state index is 0.0717. The maximum absolute atomic E-state index is 12.7. The molecule has 3 aromatic rings. The van der Waals surface area contributed by atoms with Crippen LogP contribution in [0.5, 0.6) is 0 Å². The fourth-order valence-corrected chi connectivity index (χ4v) is 3.01. The smallest absolute Gasteiger partial charge is 0.252 e. The molecule has 1 aromatic carbocycles. The number of carbonyl (C=O) groups is 1. The topological polar surface area (TPSA) is 80.0 Å². The monoisotopic (exact) mass is 338 g/mol. The van der Waals surface area contributed by atoms with Gasteiger partial charge in [-0.25, -0.2) is 4.98 Å². The van der Waals surface area contributed by atoms with Crippen LogP contribution < -0.4 is 5.32 Å². The molecule has 0 fully saturated rings. The van der Waals surface area contributed by atoms with Gasteiger partial charge in [0, 0.05) is 31.8 Å². The van der Waals surface area contributed by atoms with Crippen LogP contribution in [0.1, 0.15) is 34.0 Å². The van der Waals surface area contributed by atoms with E-state index in [1.807, 2.05) is 44.3 Å². The Labute approximate surface area is 146 Å². The maximum atomic E-state index is 12.7. The number of hydrogen-bond acceptors (Lipinski definition) is 4. The summed E-state index contributed by atoms with van der Waals surface area (Å²) in [5.41, 5.74) is 3.15. The predicted octanol–water partition coefficient (Wildman–Crippen LogP) is 2.17. The molecule has 0 aliphatic rings. The summed E-state index contributed by atoms with van der Waals surface area (Å²) >= 11 is 0. The molecule has 2 aromatic heterocycles. The molecule has 1 atom stereocenters. The van der Waals surface area contributed by atoms with Crippen LogP contribution in [-0.4, -0.2) is 38.9 Å². The number of rotatable bonds is 6. The van der Waals surface area contributed by atoms with Gasteiger partial charge >= 0.3 is 0 Å². The lowest BCUT2D eigenvalue weighted by molar-refractivity contribution is 0.0951. The first kappa shape index (κ1) is 17.1. The summed E-state index contributed by atoms with van der Waals surface area (Å²) in [5.74, 6) is -0.0788. The van der Waals surface area contributed by atoms with E-state index in [4.69, 9.17) is 0 Å². The molecule has 2 heterocycles. The molecule has 0 bridgehead atoms. The molecule has 25 heavy (non-hydrogen) atoms. The summed E-state index contributed by atoms with van der Waals surface area (Å²) < 4.78 is 1.66. The Morgan fingerprint density at radius 2 is 2.08 bits per heavy atom. The molecular formula is C19H22N4O2. The van der Waals surface area contributed by atoms with Crippen molar-refractivity contribution in [3.05, 3.63) is 59.4 Å². The Kier molecular flexibility index (Phi) is 5.09. The summed E-state index contributed by atoms with van der Waals surface area (Å²) in [6.45, 7) is 2.41. The number of pyridine rings is 1. The average molecular weight is 338 g/mol. The number of hydrogen-bond donors (Lipinski definition) is 2. The van der Waals surface area contributed by atoms with Crippen molar-refractivity contribution in [1.29, 1.82) is 0 Å². The van der Waals surface area contributed by atoms with Crippen molar-refractivity contribution in [2.75, 3.05) is 13.2 Å². The van der Waals surface area contributed by atoms with Gasteiger partial charge in [0.2, 0.25) is 0 Å². The second-order valence-electron chi connectivity index (χ2n) is 6.15. The summed E-state index contributed by atoms with van der Waals surface area (Å²) in [7, 11) is 1.81. The van der Waals surface area contributed by atoms with Crippen LogP contribution in [0.4, 0.5) is 0 Å². The van der Waals surface area contributed by atoms with Crippen LogP contribution in [0.25, 0.3) is 11.0 Å². The van der Waals surface area contributed by atoms with E-state index >= 15 is 0 Å². The highest BCUT2D eigenvalue weighted by Crippen LogP contribution is 2.20. The molecule has 6 nitrogen and oxygen atoms in total. The third-order valence-corrected chi connectivity index (χ3v) is 4.34. The van der Waals surface area contributed by atoms with Crippen molar-refractivity contribution in [2.24, 2.45) is 7.05 Å². The highest BCUT2D eigenvalue weighted by Gasteiger charge is 2.17. The van der Waals surface area contributed by atoms with Gasteiger partial charge < -0.3 is 10.4 Å². The first-order chi connectivity index (χ1) is 12.1. The number of benzene rings is 1. The summed E-state index contributed by atoms with van der Waals surface area (Å²) in [4.78, 5) is 17.2. The Morgan fingerprint density at radius 3 is 2.80 bits per heavy atom. The second kappa shape index (κ2) is 7.44. The van der Waals surface area contributed by atoms with Crippen molar-refractivity contribution < 1.29 is 9.90 Å². The Hall–Kier alpha value is -2.73. The van der Waals surface area contributed by atoms with Gasteiger partial charge in [-0.3, -0.25) is 9.48 Å². The van der Waals surface area contributed by atoms with E-state index in [1.165, 1.54) is 0 Å². The lowest BCUT2D eigenvalue weighted by Crippen LogP contribution is -2.29. The van der Waals surface area contributed by atoms with Crippen LogP contribution >= 0.6 is 0 Å². The normalized spacial score (nSPS) is 12.3. The maximum Gasteiger partial charge on any atom is 0.252 e. The van der Waals surface area contributed by atoms with Gasteiger partial charge in [-0.2, -0.15) is 5.10 Å². The van der Waals surface area contributed by atoms with Crippen molar-refractivity contribution >= 4 is 16.9 Å². The molecule has 0 saturated carbocycles. The fourth-order valence-electron chi connectivity index (χ4n) is 3.01. The molecule has 1 amide bonds. The van der Waals surface area contributed by atoms with Crippen molar-refractivity contribution in [2.45, 2.75) is 19.3 Å². The number of aryl methyl sites for hydroxylation is 2. The van der Waals surface area contributed by atoms with Gasteiger partial charge in [0.15, 0.2) is 5.65 Å². The van der Waals surface area contributed by atoms with Crippen molar-refractivity contribution in [3.8, 4) is 0 Å². The lowest BCUT2D eigenvalue weighted by atomic mass is 9.96. The van der Waals surface area contributed by atoms with Crippen LogP contribution in [0.2, 0.25) is 0 Å². The zero-order chi connectivity index (χ0) is 17.8. The van der Waals surface area contributed by atoms with Crippen LogP contribution in [-0.2, 0) is 7.05 Å². The molecule has 0 saturated heterocycles. The molecule has 0 spiro atoms. The van der Waals surface area contributed by atoms with Gasteiger partial charge in [0.05, 0.1) is 17.1 Å². The van der Waals surface area contributed by atoms with Gasteiger partial charge in [-0.15, -0.1) is 0 Å². The number of aliphatic hydroxyl groups excluding tert-OH is 1. The zero-order valence-electron chi connectivity index (χ0n) is 14.4. The van der Waals surface area contributed by atoms with E-state index in [1.54, 1.807) is 16.9 Å². The third kappa shape index (κ3) is 3.69. The molecule has 0 aliphatic heterocycles. The first-order valence-electron chi connectivity index (χ1n) is 8.33. The first-order valence-corrected chi connectivity index (χ1v) is 8.33. The molecule has 2 N–H and O–H groups in total. The van der Waals surface area contributed by atoms with Gasteiger partial charge in [0.1, 0.15) is 0 Å². The quantitative estimate of drug-likeness (QED) is 0.722. The summed E-state index contributed by atoms with van der Waals surface area (Å²) in [6.07, 6.45) is 2.26. The SMILES string of the molecule is Cc1cc(C(=O)NCC(CCO)c2ccccc2)c2cnn(C)c2n1. The number of aliphatic hydroxyl groups is 1. The Balaban J connectivity index is 1.80. The van der Waals surface area contributed by atoms with E-state index in [0.29, 0.717) is 24.2 Å². The van der Waals surface area contributed by atoms with Crippen molar-refractivity contribution in [1.82, 2.24) is 20.1 Å². The van der Waals surface area contributed by atoms with Gasteiger partial charge in [0.25, 0.3) is 5.91 Å². The average Bonchev–Trinajstić information content (AvgIpc) is 2.99. The summed E-state index contributed by atoms with van der Waals surface area (Å²) in [6, 6.07) is 11.7. The molecule has 0 aliphatic carbocycles. The minimum atomic E-state index is -0.151. The standard InChI is InChI=1S/C19H22N4O2/c1-13-10-16(17-12-21-23(2)18(17)22-13)19(25)20-11-15(8-9-24)14-6-4-3-5-7-14/h3-7,10,12,15,24H,8-9,11H2,1-2H3,(H,20,25). The molecule has 1 unspecified atom stereocenters. The van der Waals surface area contributed by atoms with E-state index in [0.717, 1.165) is 16.6 Å². The highest BCUT2D eigenvalue weighted by atomic mass is 16.3. The van der Waals surface area contributed by atoms with Crippen LogP contribution in [0, 0.1) is 6.92 Å². The largest absolute Gasteiger partial charge is 0.396 e. The number of nitrogens with one attached hydrogen (secondary N) is 1. The van der Waals surface area contributed by atoms with E-state index in [-0.39, 0.29) is 18.4 Å². The molecule has 6 heteroatoms. The summed E-state index contributed by atoms with van der Waals surface area (Å²) in [5, 5.41) is 17.3. The fraction of sp³-hybridized carbons (Fsp3) is 0.316. The number of aromatic nitrogens is 3.